The third kappa shape index (κ3) is 6.77. The highest BCUT2D eigenvalue weighted by Gasteiger charge is 2.22. The van der Waals surface area contributed by atoms with Gasteiger partial charge in [-0.15, -0.1) is 0 Å². The normalized spacial score (nSPS) is 22.1. The molecule has 6 heteroatoms. The molecule has 2 rings (SSSR count). The van der Waals surface area contributed by atoms with Gasteiger partial charge in [0.15, 0.2) is 0 Å². The lowest BCUT2D eigenvalue weighted by Gasteiger charge is -2.34. The van der Waals surface area contributed by atoms with Crippen LogP contribution < -0.4 is 10.6 Å². The molecule has 2 aliphatic rings. The summed E-state index contributed by atoms with van der Waals surface area (Å²) in [6.45, 7) is 8.47. The van der Waals surface area contributed by atoms with E-state index < -0.39 is 0 Å². The van der Waals surface area contributed by atoms with E-state index in [1.54, 1.807) is 0 Å². The second-order valence-electron chi connectivity index (χ2n) is 7.33. The third-order valence-corrected chi connectivity index (χ3v) is 5.19. The molecule has 1 aliphatic carbocycles. The molecule has 2 fully saturated rings. The molecule has 0 aromatic heterocycles. The zero-order valence-electron chi connectivity index (χ0n) is 15.4. The summed E-state index contributed by atoms with van der Waals surface area (Å²) >= 11 is 0. The topological polar surface area (TPSA) is 64.7 Å². The Hall–Kier alpha value is -1.14. The number of carbonyl (C=O) groups is 2. The van der Waals surface area contributed by atoms with Crippen molar-refractivity contribution in [1.29, 1.82) is 0 Å². The van der Waals surface area contributed by atoms with Crippen LogP contribution in [0.25, 0.3) is 0 Å². The Morgan fingerprint density at radius 2 is 1.50 bits per heavy atom. The zero-order chi connectivity index (χ0) is 17.4. The van der Waals surface area contributed by atoms with Gasteiger partial charge in [-0.25, -0.2) is 0 Å². The quantitative estimate of drug-likeness (QED) is 0.726. The van der Waals surface area contributed by atoms with Crippen LogP contribution in [0.1, 0.15) is 52.4 Å². The predicted molar refractivity (Wildman–Crippen MR) is 95.8 cm³/mol. The monoisotopic (exact) mass is 338 g/mol. The van der Waals surface area contributed by atoms with Gasteiger partial charge in [-0.3, -0.25) is 19.4 Å². The Kier molecular flexibility index (Phi) is 7.99. The number of amides is 2. The van der Waals surface area contributed by atoms with Gasteiger partial charge in [-0.1, -0.05) is 26.2 Å². The van der Waals surface area contributed by atoms with Crippen molar-refractivity contribution in [1.82, 2.24) is 20.4 Å². The number of nitrogens with zero attached hydrogens (tertiary/aromatic N) is 2. The highest BCUT2D eigenvalue weighted by atomic mass is 16.2. The first-order valence-corrected chi connectivity index (χ1v) is 9.60. The number of hydrogen-bond acceptors (Lipinski definition) is 4. The molecule has 1 heterocycles. The van der Waals surface area contributed by atoms with Gasteiger partial charge >= 0.3 is 0 Å². The van der Waals surface area contributed by atoms with E-state index in [1.165, 1.54) is 19.3 Å². The standard InChI is InChI=1S/C18H34N4O2/c1-3-15(2)19-17(23)13-21-9-11-22(12-10-21)14-18(24)20-16-7-5-4-6-8-16/h15-16H,3-14H2,1-2H3,(H,19,23)(H,20,24). The summed E-state index contributed by atoms with van der Waals surface area (Å²) in [5, 5.41) is 6.19. The molecular weight excluding hydrogens is 304 g/mol. The molecule has 6 nitrogen and oxygen atoms in total. The lowest BCUT2D eigenvalue weighted by molar-refractivity contribution is -0.125. The first kappa shape index (κ1) is 19.2. The molecule has 1 saturated heterocycles. The van der Waals surface area contributed by atoms with Crippen LogP contribution in [0.3, 0.4) is 0 Å². The molecule has 1 unspecified atom stereocenters. The Labute approximate surface area is 146 Å². The fourth-order valence-corrected chi connectivity index (χ4v) is 3.45. The molecule has 24 heavy (non-hydrogen) atoms. The average Bonchev–Trinajstić information content (AvgIpc) is 2.57. The van der Waals surface area contributed by atoms with Crippen molar-refractivity contribution in [2.75, 3.05) is 39.3 Å². The number of piperazine rings is 1. The van der Waals surface area contributed by atoms with E-state index >= 15 is 0 Å². The van der Waals surface area contributed by atoms with Crippen molar-refractivity contribution in [3.05, 3.63) is 0 Å². The van der Waals surface area contributed by atoms with Crippen LogP contribution >= 0.6 is 0 Å². The van der Waals surface area contributed by atoms with Gasteiger partial charge in [0.25, 0.3) is 0 Å². The minimum absolute atomic E-state index is 0.104. The first-order chi connectivity index (χ1) is 11.6. The molecule has 0 aromatic rings. The van der Waals surface area contributed by atoms with Crippen LogP contribution in [-0.2, 0) is 9.59 Å². The molecule has 0 bridgehead atoms. The van der Waals surface area contributed by atoms with E-state index in [1.807, 2.05) is 6.92 Å². The molecule has 1 atom stereocenters. The van der Waals surface area contributed by atoms with E-state index in [0.717, 1.165) is 45.4 Å². The van der Waals surface area contributed by atoms with Gasteiger partial charge in [0, 0.05) is 38.3 Å². The van der Waals surface area contributed by atoms with E-state index in [0.29, 0.717) is 19.1 Å². The molecule has 2 amide bonds. The van der Waals surface area contributed by atoms with E-state index in [-0.39, 0.29) is 17.9 Å². The van der Waals surface area contributed by atoms with Crippen LogP contribution in [0.15, 0.2) is 0 Å². The molecule has 2 N–H and O–H groups in total. The minimum Gasteiger partial charge on any atom is -0.353 e. The van der Waals surface area contributed by atoms with Crippen molar-refractivity contribution in [3.63, 3.8) is 0 Å². The van der Waals surface area contributed by atoms with Crippen LogP contribution in [0.2, 0.25) is 0 Å². The van der Waals surface area contributed by atoms with E-state index in [2.05, 4.69) is 27.4 Å². The highest BCUT2D eigenvalue weighted by Crippen LogP contribution is 2.17. The average molecular weight is 338 g/mol. The van der Waals surface area contributed by atoms with E-state index in [4.69, 9.17) is 0 Å². The lowest BCUT2D eigenvalue weighted by Crippen LogP contribution is -2.52. The first-order valence-electron chi connectivity index (χ1n) is 9.60. The second-order valence-corrected chi connectivity index (χ2v) is 7.33. The summed E-state index contributed by atoms with van der Waals surface area (Å²) < 4.78 is 0. The van der Waals surface area contributed by atoms with Gasteiger partial charge < -0.3 is 10.6 Å². The predicted octanol–water partition coefficient (Wildman–Crippen LogP) is 0.968. The Bertz CT molecular complexity index is 402. The summed E-state index contributed by atoms with van der Waals surface area (Å²) in [6.07, 6.45) is 6.99. The van der Waals surface area contributed by atoms with Crippen LogP contribution in [0, 0.1) is 0 Å². The summed E-state index contributed by atoms with van der Waals surface area (Å²) in [7, 11) is 0. The van der Waals surface area contributed by atoms with Gasteiger partial charge in [-0.05, 0) is 26.2 Å². The van der Waals surface area contributed by atoms with Crippen LogP contribution in [0.5, 0.6) is 0 Å². The Morgan fingerprint density at radius 1 is 0.958 bits per heavy atom. The highest BCUT2D eigenvalue weighted by molar-refractivity contribution is 5.79. The van der Waals surface area contributed by atoms with E-state index in [9.17, 15) is 9.59 Å². The third-order valence-electron chi connectivity index (χ3n) is 5.19. The summed E-state index contributed by atoms with van der Waals surface area (Å²) in [5.74, 6) is 0.262. The van der Waals surface area contributed by atoms with Gasteiger partial charge in [0.1, 0.15) is 0 Å². The van der Waals surface area contributed by atoms with Gasteiger partial charge in [-0.2, -0.15) is 0 Å². The summed E-state index contributed by atoms with van der Waals surface area (Å²) in [5.41, 5.74) is 0. The fourth-order valence-electron chi connectivity index (χ4n) is 3.45. The van der Waals surface area contributed by atoms with Crippen molar-refractivity contribution < 1.29 is 9.59 Å². The Morgan fingerprint density at radius 3 is 2.04 bits per heavy atom. The van der Waals surface area contributed by atoms with Crippen molar-refractivity contribution in [2.45, 2.75) is 64.5 Å². The maximum absolute atomic E-state index is 12.2. The van der Waals surface area contributed by atoms with Crippen LogP contribution in [0.4, 0.5) is 0 Å². The maximum atomic E-state index is 12.2. The SMILES string of the molecule is CCC(C)NC(=O)CN1CCN(CC(=O)NC2CCCCC2)CC1. The van der Waals surface area contributed by atoms with Crippen molar-refractivity contribution in [2.24, 2.45) is 0 Å². The second kappa shape index (κ2) is 9.99. The molecule has 1 saturated carbocycles. The van der Waals surface area contributed by atoms with Crippen molar-refractivity contribution in [3.8, 4) is 0 Å². The molecule has 138 valence electrons. The van der Waals surface area contributed by atoms with Crippen LogP contribution in [-0.4, -0.2) is 73.0 Å². The maximum Gasteiger partial charge on any atom is 0.234 e. The minimum atomic E-state index is 0.104. The molecule has 0 radical (unpaired) electrons. The van der Waals surface area contributed by atoms with Gasteiger partial charge in [0.05, 0.1) is 13.1 Å². The Balaban J connectivity index is 1.61. The number of rotatable bonds is 7. The zero-order valence-corrected chi connectivity index (χ0v) is 15.4. The lowest BCUT2D eigenvalue weighted by atomic mass is 9.95. The number of hydrogen-bond donors (Lipinski definition) is 2. The fraction of sp³-hybridized carbons (Fsp3) is 0.889. The molecular formula is C18H34N4O2. The largest absolute Gasteiger partial charge is 0.353 e. The smallest absolute Gasteiger partial charge is 0.234 e. The number of nitrogens with one attached hydrogen (secondary N) is 2. The number of carbonyl (C=O) groups excluding carboxylic acids is 2. The summed E-state index contributed by atoms with van der Waals surface area (Å²) in [6, 6.07) is 0.624. The molecule has 1 aliphatic heterocycles. The molecule has 0 aromatic carbocycles. The van der Waals surface area contributed by atoms with Crippen molar-refractivity contribution >= 4 is 11.8 Å². The summed E-state index contributed by atoms with van der Waals surface area (Å²) in [4.78, 5) is 28.5. The molecule has 0 spiro atoms. The van der Waals surface area contributed by atoms with Gasteiger partial charge in [0.2, 0.25) is 11.8 Å².